The van der Waals surface area contributed by atoms with Gasteiger partial charge in [0, 0.05) is 19.6 Å². The lowest BCUT2D eigenvalue weighted by Crippen LogP contribution is -2.47. The first-order valence-corrected chi connectivity index (χ1v) is 9.32. The molecule has 1 aliphatic carbocycles. The molecule has 2 heteroatoms. The third-order valence-electron chi connectivity index (χ3n) is 5.06. The molecule has 1 unspecified atom stereocenters. The molecule has 0 spiro atoms. The number of aryl methyl sites for hydroxylation is 2. The molecule has 23 heavy (non-hydrogen) atoms. The molecule has 1 heterocycles. The maximum absolute atomic E-state index is 2.93. The summed E-state index contributed by atoms with van der Waals surface area (Å²) in [6.45, 7) is 3.65. The van der Waals surface area contributed by atoms with Gasteiger partial charge in [-0.25, -0.2) is 0 Å². The van der Waals surface area contributed by atoms with Gasteiger partial charge in [0.25, 0.3) is 0 Å². The van der Waals surface area contributed by atoms with Crippen LogP contribution in [-0.4, -0.2) is 30.2 Å². The first-order valence-electron chi connectivity index (χ1n) is 8.66. The van der Waals surface area contributed by atoms with Gasteiger partial charge in [0.15, 0.2) is 0 Å². The zero-order chi connectivity index (χ0) is 15.6. The quantitative estimate of drug-likeness (QED) is 0.767. The van der Waals surface area contributed by atoms with Gasteiger partial charge in [0.2, 0.25) is 0 Å². The van der Waals surface area contributed by atoms with Crippen LogP contribution in [0.4, 0.5) is 0 Å². The fraction of sp³-hybridized carbons (Fsp3) is 0.333. The first kappa shape index (κ1) is 15.1. The molecule has 118 valence electrons. The maximum atomic E-state index is 2.93. The summed E-state index contributed by atoms with van der Waals surface area (Å²) < 4.78 is 0. The van der Waals surface area contributed by atoms with E-state index in [1.807, 2.05) is 0 Å². The van der Waals surface area contributed by atoms with E-state index in [1.54, 1.807) is 0 Å². The zero-order valence-corrected chi connectivity index (χ0v) is 14.7. The fourth-order valence-electron chi connectivity index (χ4n) is 3.82. The Hall–Kier alpha value is -1.43. The minimum absolute atomic E-state index is 0.807. The summed E-state index contributed by atoms with van der Waals surface area (Å²) in [7, 11) is 2.93. The van der Waals surface area contributed by atoms with Crippen molar-refractivity contribution in [3.05, 3.63) is 76.9 Å². The normalized spacial score (nSPS) is 17.9. The molecule has 0 amide bonds. The Morgan fingerprint density at radius 2 is 1.48 bits per heavy atom. The minimum atomic E-state index is 0.807. The summed E-state index contributed by atoms with van der Waals surface area (Å²) in [5.41, 5.74) is 8.10. The van der Waals surface area contributed by atoms with Crippen molar-refractivity contribution in [2.75, 3.05) is 19.6 Å². The molecule has 0 N–H and O–H groups in total. The van der Waals surface area contributed by atoms with E-state index in [-0.39, 0.29) is 0 Å². The van der Waals surface area contributed by atoms with Gasteiger partial charge in [-0.2, -0.15) is 0 Å². The summed E-state index contributed by atoms with van der Waals surface area (Å²) in [5, 5.41) is 0. The highest BCUT2D eigenvalue weighted by atomic mass is 31.0. The molecule has 1 nitrogen and oxygen atoms in total. The van der Waals surface area contributed by atoms with E-state index in [4.69, 9.17) is 0 Å². The van der Waals surface area contributed by atoms with E-state index in [9.17, 15) is 0 Å². The second-order valence-corrected chi connectivity index (χ2v) is 7.68. The number of fused-ring (bicyclic) bond motifs is 2. The monoisotopic (exact) mass is 321 g/mol. The van der Waals surface area contributed by atoms with Crippen LogP contribution in [0.5, 0.6) is 0 Å². The van der Waals surface area contributed by atoms with Crippen molar-refractivity contribution in [3.63, 3.8) is 0 Å². The molecule has 1 saturated heterocycles. The van der Waals surface area contributed by atoms with Gasteiger partial charge in [-0.1, -0.05) is 54.6 Å². The summed E-state index contributed by atoms with van der Waals surface area (Å²) in [6, 6.07) is 17.9. The molecule has 0 radical (unpaired) electrons. The second kappa shape index (κ2) is 6.59. The van der Waals surface area contributed by atoms with E-state index in [1.165, 1.54) is 47.5 Å². The summed E-state index contributed by atoms with van der Waals surface area (Å²) in [5.74, 6) is 0. The van der Waals surface area contributed by atoms with Crippen LogP contribution in [0.2, 0.25) is 0 Å². The highest BCUT2D eigenvalue weighted by molar-refractivity contribution is 7.17. The fourth-order valence-corrected chi connectivity index (χ4v) is 4.42. The van der Waals surface area contributed by atoms with Gasteiger partial charge < -0.3 is 4.90 Å². The maximum Gasteiger partial charge on any atom is 0.00570 e. The van der Waals surface area contributed by atoms with Crippen molar-refractivity contribution < 1.29 is 0 Å². The van der Waals surface area contributed by atoms with Crippen molar-refractivity contribution in [1.82, 2.24) is 4.90 Å². The number of hydrogen-bond donors (Lipinski definition) is 0. The van der Waals surface area contributed by atoms with Gasteiger partial charge >= 0.3 is 0 Å². The zero-order valence-electron chi connectivity index (χ0n) is 13.5. The molecule has 1 atom stereocenters. The topological polar surface area (TPSA) is 3.24 Å². The van der Waals surface area contributed by atoms with Crippen LogP contribution in [0, 0.1) is 0 Å². The summed E-state index contributed by atoms with van der Waals surface area (Å²) in [6.07, 6.45) is 5.89. The predicted octanol–water partition coefficient (Wildman–Crippen LogP) is 4.17. The highest BCUT2D eigenvalue weighted by Gasteiger charge is 2.22. The molecule has 4 rings (SSSR count). The number of nitrogens with zero attached hydrogens (tertiary/aromatic N) is 1. The molecular formula is C21H24NP. The molecular weight excluding hydrogens is 297 g/mol. The van der Waals surface area contributed by atoms with Crippen LogP contribution in [-0.2, 0) is 12.8 Å². The average molecular weight is 321 g/mol. The average Bonchev–Trinajstić information content (AvgIpc) is 2.71. The Morgan fingerprint density at radius 3 is 2.04 bits per heavy atom. The number of benzene rings is 2. The molecule has 0 saturated carbocycles. The van der Waals surface area contributed by atoms with Gasteiger partial charge in [-0.3, -0.25) is 0 Å². The van der Waals surface area contributed by atoms with E-state index in [2.05, 4.69) is 68.7 Å². The van der Waals surface area contributed by atoms with Crippen molar-refractivity contribution in [3.8, 4) is 0 Å². The van der Waals surface area contributed by atoms with Crippen LogP contribution in [0.3, 0.4) is 0 Å². The Labute approximate surface area is 141 Å². The van der Waals surface area contributed by atoms with Gasteiger partial charge in [-0.15, -0.1) is 9.24 Å². The van der Waals surface area contributed by atoms with E-state index in [0.29, 0.717) is 0 Å². The summed E-state index contributed by atoms with van der Waals surface area (Å²) in [4.78, 5) is 2.54. The number of hydrogen-bond acceptors (Lipinski definition) is 1. The van der Waals surface area contributed by atoms with Crippen LogP contribution in [0.1, 0.15) is 28.7 Å². The molecule has 1 aliphatic heterocycles. The van der Waals surface area contributed by atoms with Crippen molar-refractivity contribution in [1.29, 1.82) is 0 Å². The minimum Gasteiger partial charge on any atom is -0.302 e. The van der Waals surface area contributed by atoms with Gasteiger partial charge in [-0.05, 0) is 52.7 Å². The Morgan fingerprint density at radius 1 is 0.913 bits per heavy atom. The molecule has 0 bridgehead atoms. The Bertz CT molecular complexity index is 679. The van der Waals surface area contributed by atoms with Crippen molar-refractivity contribution >= 4 is 14.8 Å². The standard InChI is InChI=1S/C21H24NP/c23-18-14-22(15-18)13-5-10-21-19-8-3-1-6-16(19)11-12-17-7-2-4-9-20(17)21/h1-4,6-10,18H,5,11-15,23H2. The van der Waals surface area contributed by atoms with Crippen molar-refractivity contribution in [2.24, 2.45) is 0 Å². The van der Waals surface area contributed by atoms with Crippen LogP contribution in [0.25, 0.3) is 5.57 Å². The lowest BCUT2D eigenvalue weighted by atomic mass is 9.93. The highest BCUT2D eigenvalue weighted by Crippen LogP contribution is 2.33. The predicted molar refractivity (Wildman–Crippen MR) is 102 cm³/mol. The van der Waals surface area contributed by atoms with Crippen LogP contribution in [0.15, 0.2) is 54.6 Å². The number of likely N-dealkylation sites (tertiary alicyclic amines) is 1. The SMILES string of the molecule is PC1CN(CCC=C2c3ccccc3CCc3ccccc32)C1. The third-order valence-corrected chi connectivity index (χ3v) is 5.48. The van der Waals surface area contributed by atoms with Crippen LogP contribution < -0.4 is 0 Å². The summed E-state index contributed by atoms with van der Waals surface area (Å²) >= 11 is 0. The van der Waals surface area contributed by atoms with Gasteiger partial charge in [0.05, 0.1) is 0 Å². The van der Waals surface area contributed by atoms with E-state index >= 15 is 0 Å². The molecule has 2 aromatic carbocycles. The second-order valence-electron chi connectivity index (χ2n) is 6.74. The smallest absolute Gasteiger partial charge is 0.00570 e. The van der Waals surface area contributed by atoms with Crippen molar-refractivity contribution in [2.45, 2.75) is 24.9 Å². The first-order chi connectivity index (χ1) is 11.3. The van der Waals surface area contributed by atoms with Crippen LogP contribution >= 0.6 is 9.24 Å². The lowest BCUT2D eigenvalue weighted by molar-refractivity contribution is 0.194. The largest absolute Gasteiger partial charge is 0.302 e. The molecule has 2 aromatic rings. The third kappa shape index (κ3) is 3.13. The lowest BCUT2D eigenvalue weighted by Gasteiger charge is -2.36. The van der Waals surface area contributed by atoms with E-state index < -0.39 is 0 Å². The Kier molecular flexibility index (Phi) is 4.33. The van der Waals surface area contributed by atoms with Gasteiger partial charge in [0.1, 0.15) is 0 Å². The van der Waals surface area contributed by atoms with E-state index in [0.717, 1.165) is 24.9 Å². The number of rotatable bonds is 3. The Balaban J connectivity index is 1.65. The molecule has 2 aliphatic rings. The molecule has 0 aromatic heterocycles. The molecule has 1 fully saturated rings.